The Bertz CT molecular complexity index is 867. The quantitative estimate of drug-likeness (QED) is 0.789. The summed E-state index contributed by atoms with van der Waals surface area (Å²) in [6, 6.07) is 5.96. The van der Waals surface area contributed by atoms with Gasteiger partial charge in [-0.05, 0) is 42.5 Å². The van der Waals surface area contributed by atoms with Crippen molar-refractivity contribution in [2.24, 2.45) is 0 Å². The molecule has 148 valence electrons. The minimum atomic E-state index is 0.171. The molecule has 1 fully saturated rings. The summed E-state index contributed by atoms with van der Waals surface area (Å²) in [6.45, 7) is 6.30. The van der Waals surface area contributed by atoms with Crippen LogP contribution in [0.25, 0.3) is 0 Å². The van der Waals surface area contributed by atoms with Crippen LogP contribution in [-0.4, -0.2) is 53.6 Å². The number of benzene rings is 1. The number of rotatable bonds is 4. The number of hydrogen-bond acceptors (Lipinski definition) is 5. The summed E-state index contributed by atoms with van der Waals surface area (Å²) >= 11 is 6.08. The van der Waals surface area contributed by atoms with Crippen LogP contribution in [-0.2, 0) is 28.9 Å². The molecule has 0 unspecified atom stereocenters. The normalized spacial score (nSPS) is 16.8. The number of ether oxygens (including phenoxy) is 1. The molecule has 0 radical (unpaired) electrons. The van der Waals surface area contributed by atoms with Crippen LogP contribution < -0.4 is 4.90 Å². The van der Waals surface area contributed by atoms with Crippen molar-refractivity contribution < 1.29 is 9.53 Å². The standard InChI is InChI=1S/C21H25ClN4O2/c1-15-12-16(2-4-18(15)22)3-5-20(27)26-7-6-17-13-23-21(24-19(17)14-26)25-8-10-28-11-9-25/h2,4,12-13H,3,5-11,14H2,1H3. The minimum absolute atomic E-state index is 0.171. The summed E-state index contributed by atoms with van der Waals surface area (Å²) in [5.74, 6) is 0.915. The Balaban J connectivity index is 1.39. The topological polar surface area (TPSA) is 58.6 Å². The molecule has 3 heterocycles. The average Bonchev–Trinajstić information content (AvgIpc) is 2.74. The maximum Gasteiger partial charge on any atom is 0.225 e. The van der Waals surface area contributed by atoms with Crippen LogP contribution in [0.15, 0.2) is 24.4 Å². The highest BCUT2D eigenvalue weighted by Gasteiger charge is 2.23. The molecule has 0 spiro atoms. The highest BCUT2D eigenvalue weighted by molar-refractivity contribution is 6.31. The average molecular weight is 401 g/mol. The van der Waals surface area contributed by atoms with Crippen molar-refractivity contribution in [3.05, 3.63) is 51.8 Å². The van der Waals surface area contributed by atoms with Crippen molar-refractivity contribution in [3.8, 4) is 0 Å². The number of nitrogens with zero attached hydrogens (tertiary/aromatic N) is 4. The molecule has 1 aromatic heterocycles. The van der Waals surface area contributed by atoms with Crippen molar-refractivity contribution in [3.63, 3.8) is 0 Å². The van der Waals surface area contributed by atoms with Gasteiger partial charge in [0.2, 0.25) is 11.9 Å². The Morgan fingerprint density at radius 3 is 2.86 bits per heavy atom. The second-order valence-corrected chi connectivity index (χ2v) is 7.80. The molecule has 0 bridgehead atoms. The van der Waals surface area contributed by atoms with Crippen LogP contribution in [0.1, 0.15) is 28.8 Å². The lowest BCUT2D eigenvalue weighted by Gasteiger charge is -2.30. The maximum absolute atomic E-state index is 12.7. The molecule has 4 rings (SSSR count). The number of halogens is 1. The summed E-state index contributed by atoms with van der Waals surface area (Å²) < 4.78 is 5.40. The Hall–Kier alpha value is -2.18. The van der Waals surface area contributed by atoms with Gasteiger partial charge in [-0.25, -0.2) is 9.97 Å². The first-order valence-corrected chi connectivity index (χ1v) is 10.2. The zero-order chi connectivity index (χ0) is 19.5. The minimum Gasteiger partial charge on any atom is -0.378 e. The van der Waals surface area contributed by atoms with E-state index in [4.69, 9.17) is 21.3 Å². The van der Waals surface area contributed by atoms with Crippen molar-refractivity contribution >= 4 is 23.5 Å². The predicted molar refractivity (Wildman–Crippen MR) is 109 cm³/mol. The lowest BCUT2D eigenvalue weighted by Crippen LogP contribution is -2.39. The summed E-state index contributed by atoms with van der Waals surface area (Å²) in [7, 11) is 0. The lowest BCUT2D eigenvalue weighted by atomic mass is 10.0. The van der Waals surface area contributed by atoms with Crippen LogP contribution in [0.3, 0.4) is 0 Å². The molecular weight excluding hydrogens is 376 g/mol. The molecule has 6 nitrogen and oxygen atoms in total. The second-order valence-electron chi connectivity index (χ2n) is 7.39. The molecule has 1 amide bonds. The van der Waals surface area contributed by atoms with Crippen LogP contribution in [0.2, 0.25) is 5.02 Å². The van der Waals surface area contributed by atoms with Crippen LogP contribution in [0, 0.1) is 6.92 Å². The van der Waals surface area contributed by atoms with Gasteiger partial charge in [-0.2, -0.15) is 0 Å². The Morgan fingerprint density at radius 1 is 1.25 bits per heavy atom. The molecular formula is C21H25ClN4O2. The summed E-state index contributed by atoms with van der Waals surface area (Å²) in [5, 5.41) is 0.762. The number of hydrogen-bond donors (Lipinski definition) is 0. The number of carbonyl (C=O) groups excluding carboxylic acids is 1. The molecule has 7 heteroatoms. The number of aromatic nitrogens is 2. The van der Waals surface area contributed by atoms with Crippen molar-refractivity contribution in [2.75, 3.05) is 37.7 Å². The van der Waals surface area contributed by atoms with Gasteiger partial charge in [0.25, 0.3) is 0 Å². The van der Waals surface area contributed by atoms with E-state index in [1.807, 2.05) is 30.2 Å². The number of morpholine rings is 1. The highest BCUT2D eigenvalue weighted by Crippen LogP contribution is 2.21. The van der Waals surface area contributed by atoms with E-state index in [2.05, 4.69) is 16.0 Å². The van der Waals surface area contributed by atoms with E-state index < -0.39 is 0 Å². The second kappa shape index (κ2) is 8.45. The van der Waals surface area contributed by atoms with Gasteiger partial charge in [0.15, 0.2) is 0 Å². The van der Waals surface area contributed by atoms with E-state index in [1.54, 1.807) is 0 Å². The van der Waals surface area contributed by atoms with Crippen molar-refractivity contribution in [1.82, 2.24) is 14.9 Å². The Kier molecular flexibility index (Phi) is 5.78. The number of fused-ring (bicyclic) bond motifs is 1. The number of anilines is 1. The molecule has 2 aliphatic rings. The molecule has 1 aromatic carbocycles. The van der Waals surface area contributed by atoms with Crippen molar-refractivity contribution in [1.29, 1.82) is 0 Å². The fraction of sp³-hybridized carbons (Fsp3) is 0.476. The molecule has 2 aromatic rings. The van der Waals surface area contributed by atoms with Gasteiger partial charge in [0.05, 0.1) is 25.5 Å². The third kappa shape index (κ3) is 4.28. The molecule has 0 N–H and O–H groups in total. The molecule has 1 saturated heterocycles. The van der Waals surface area contributed by atoms with Crippen LogP contribution in [0.5, 0.6) is 0 Å². The van der Waals surface area contributed by atoms with E-state index in [1.165, 1.54) is 0 Å². The molecule has 0 saturated carbocycles. The predicted octanol–water partition coefficient (Wildman–Crippen LogP) is 2.79. The zero-order valence-corrected chi connectivity index (χ0v) is 16.9. The molecule has 0 atom stereocenters. The van der Waals surface area contributed by atoms with Crippen molar-refractivity contribution in [2.45, 2.75) is 32.7 Å². The van der Waals surface area contributed by atoms with Crippen LogP contribution >= 0.6 is 11.6 Å². The van der Waals surface area contributed by atoms with Crippen LogP contribution in [0.4, 0.5) is 5.95 Å². The van der Waals surface area contributed by atoms with Gasteiger partial charge in [0.1, 0.15) is 0 Å². The molecule has 0 aliphatic carbocycles. The smallest absolute Gasteiger partial charge is 0.225 e. The third-order valence-electron chi connectivity index (χ3n) is 5.43. The highest BCUT2D eigenvalue weighted by atomic mass is 35.5. The first-order chi connectivity index (χ1) is 13.6. The van der Waals surface area contributed by atoms with Gasteiger partial charge in [-0.15, -0.1) is 0 Å². The number of carbonyl (C=O) groups is 1. The van der Waals surface area contributed by atoms with Gasteiger partial charge in [-0.3, -0.25) is 4.79 Å². The van der Waals surface area contributed by atoms with Gasteiger partial charge in [-0.1, -0.05) is 23.7 Å². The summed E-state index contributed by atoms with van der Waals surface area (Å²) in [4.78, 5) is 26.1. The summed E-state index contributed by atoms with van der Waals surface area (Å²) in [6.07, 6.45) is 3.96. The van der Waals surface area contributed by atoms with E-state index in [0.717, 1.165) is 65.8 Å². The van der Waals surface area contributed by atoms with Gasteiger partial charge in [0, 0.05) is 37.3 Å². The number of amides is 1. The van der Waals surface area contributed by atoms with E-state index in [0.29, 0.717) is 26.2 Å². The van der Waals surface area contributed by atoms with Gasteiger partial charge >= 0.3 is 0 Å². The van der Waals surface area contributed by atoms with E-state index >= 15 is 0 Å². The van der Waals surface area contributed by atoms with E-state index in [-0.39, 0.29) is 5.91 Å². The zero-order valence-electron chi connectivity index (χ0n) is 16.2. The number of aryl methyl sites for hydroxylation is 2. The fourth-order valence-electron chi connectivity index (χ4n) is 3.69. The third-order valence-corrected chi connectivity index (χ3v) is 5.85. The SMILES string of the molecule is Cc1cc(CCC(=O)N2CCc3cnc(N4CCOCC4)nc3C2)ccc1Cl. The molecule has 2 aliphatic heterocycles. The molecule has 28 heavy (non-hydrogen) atoms. The monoisotopic (exact) mass is 400 g/mol. The first kappa shape index (κ1) is 19.2. The Labute approximate surface area is 170 Å². The van der Waals surface area contributed by atoms with Gasteiger partial charge < -0.3 is 14.5 Å². The van der Waals surface area contributed by atoms with E-state index in [9.17, 15) is 4.79 Å². The lowest BCUT2D eigenvalue weighted by molar-refractivity contribution is -0.132. The summed E-state index contributed by atoms with van der Waals surface area (Å²) in [5.41, 5.74) is 4.31. The first-order valence-electron chi connectivity index (χ1n) is 9.80. The largest absolute Gasteiger partial charge is 0.378 e. The maximum atomic E-state index is 12.7. The Morgan fingerprint density at radius 2 is 2.07 bits per heavy atom. The fourth-order valence-corrected chi connectivity index (χ4v) is 3.81.